The first kappa shape index (κ1) is 18.9. The van der Waals surface area contributed by atoms with Gasteiger partial charge in [0.2, 0.25) is 0 Å². The van der Waals surface area contributed by atoms with Gasteiger partial charge in [0.1, 0.15) is 0 Å². The maximum Gasteiger partial charge on any atom is 0.310 e. The van der Waals surface area contributed by atoms with Crippen LogP contribution in [0.1, 0.15) is 73.6 Å². The Hall–Kier alpha value is -1.06. The molecule has 0 aromatic carbocycles. The Kier molecular flexibility index (Phi) is 6.25. The SMILES string of the molecule is CCCC(C)(CCC(CC)(C(=O)O)C(C)(C)C)C(=O)O. The van der Waals surface area contributed by atoms with Crippen molar-refractivity contribution in [2.24, 2.45) is 16.2 Å². The van der Waals surface area contributed by atoms with Crippen LogP contribution in [-0.2, 0) is 9.59 Å². The van der Waals surface area contributed by atoms with E-state index in [9.17, 15) is 19.8 Å². The van der Waals surface area contributed by atoms with Crippen LogP contribution in [0.3, 0.4) is 0 Å². The van der Waals surface area contributed by atoms with Gasteiger partial charge in [0, 0.05) is 0 Å². The summed E-state index contributed by atoms with van der Waals surface area (Å²) in [5, 5.41) is 19.1. The van der Waals surface area contributed by atoms with Crippen molar-refractivity contribution in [3.8, 4) is 0 Å². The molecular weight excluding hydrogens is 256 g/mol. The fourth-order valence-corrected chi connectivity index (χ4v) is 3.04. The van der Waals surface area contributed by atoms with E-state index >= 15 is 0 Å². The number of carboxylic acid groups (broad SMARTS) is 2. The van der Waals surface area contributed by atoms with Crippen LogP contribution < -0.4 is 0 Å². The zero-order valence-corrected chi connectivity index (χ0v) is 13.7. The molecule has 4 nitrogen and oxygen atoms in total. The second-order valence-corrected chi connectivity index (χ2v) is 7.11. The van der Waals surface area contributed by atoms with Gasteiger partial charge >= 0.3 is 11.9 Å². The maximum atomic E-state index is 11.8. The summed E-state index contributed by atoms with van der Waals surface area (Å²) >= 11 is 0. The van der Waals surface area contributed by atoms with E-state index in [0.29, 0.717) is 25.7 Å². The summed E-state index contributed by atoms with van der Waals surface area (Å²) in [6, 6.07) is 0. The van der Waals surface area contributed by atoms with Crippen molar-refractivity contribution in [3.05, 3.63) is 0 Å². The fraction of sp³-hybridized carbons (Fsp3) is 0.875. The van der Waals surface area contributed by atoms with Crippen LogP contribution in [0.2, 0.25) is 0 Å². The average molecular weight is 286 g/mol. The highest BCUT2D eigenvalue weighted by Gasteiger charge is 2.48. The van der Waals surface area contributed by atoms with Crippen molar-refractivity contribution in [2.75, 3.05) is 0 Å². The van der Waals surface area contributed by atoms with E-state index in [0.717, 1.165) is 6.42 Å². The minimum atomic E-state index is -0.878. The molecule has 2 unspecified atom stereocenters. The highest BCUT2D eigenvalue weighted by molar-refractivity contribution is 5.76. The lowest BCUT2D eigenvalue weighted by atomic mass is 9.60. The molecule has 2 N–H and O–H groups in total. The van der Waals surface area contributed by atoms with Crippen LogP contribution in [0.15, 0.2) is 0 Å². The van der Waals surface area contributed by atoms with E-state index in [1.165, 1.54) is 0 Å². The smallest absolute Gasteiger partial charge is 0.310 e. The number of hydrogen-bond donors (Lipinski definition) is 2. The van der Waals surface area contributed by atoms with Gasteiger partial charge in [-0.2, -0.15) is 0 Å². The van der Waals surface area contributed by atoms with Crippen molar-refractivity contribution in [2.45, 2.75) is 73.6 Å². The van der Waals surface area contributed by atoms with Crippen molar-refractivity contribution < 1.29 is 19.8 Å². The molecule has 0 aliphatic rings. The van der Waals surface area contributed by atoms with Crippen LogP contribution in [0.4, 0.5) is 0 Å². The van der Waals surface area contributed by atoms with Crippen LogP contribution in [0.5, 0.6) is 0 Å². The lowest BCUT2D eigenvalue weighted by Crippen LogP contribution is -2.44. The Morgan fingerprint density at radius 3 is 1.60 bits per heavy atom. The molecule has 0 aromatic rings. The molecule has 0 fully saturated rings. The zero-order chi connectivity index (χ0) is 16.2. The van der Waals surface area contributed by atoms with Crippen molar-refractivity contribution in [1.29, 1.82) is 0 Å². The number of carbonyl (C=O) groups is 2. The quantitative estimate of drug-likeness (QED) is 0.701. The van der Waals surface area contributed by atoms with Gasteiger partial charge in [-0.25, -0.2) is 0 Å². The summed E-state index contributed by atoms with van der Waals surface area (Å²) in [5.74, 6) is -1.65. The lowest BCUT2D eigenvalue weighted by Gasteiger charge is -2.42. The standard InChI is InChI=1S/C16H30O4/c1-7-9-15(6,12(17)18)10-11-16(8-2,13(19)20)14(3,4)5/h7-11H2,1-6H3,(H,17,18)(H,19,20). The molecule has 0 aliphatic carbocycles. The fourth-order valence-electron chi connectivity index (χ4n) is 3.04. The van der Waals surface area contributed by atoms with E-state index in [-0.39, 0.29) is 0 Å². The highest BCUT2D eigenvalue weighted by atomic mass is 16.4. The summed E-state index contributed by atoms with van der Waals surface area (Å²) < 4.78 is 0. The molecule has 4 heteroatoms. The monoisotopic (exact) mass is 286 g/mol. The molecule has 0 radical (unpaired) electrons. The van der Waals surface area contributed by atoms with Crippen molar-refractivity contribution in [1.82, 2.24) is 0 Å². The second-order valence-electron chi connectivity index (χ2n) is 7.11. The predicted octanol–water partition coefficient (Wildman–Crippen LogP) is 4.18. The number of carboxylic acids is 2. The van der Waals surface area contributed by atoms with Gasteiger partial charge < -0.3 is 10.2 Å². The Morgan fingerprint density at radius 1 is 0.850 bits per heavy atom. The van der Waals surface area contributed by atoms with Gasteiger partial charge in [-0.15, -0.1) is 0 Å². The molecule has 0 saturated heterocycles. The molecule has 0 rings (SSSR count). The first-order valence-corrected chi connectivity index (χ1v) is 7.43. The van der Waals surface area contributed by atoms with E-state index in [2.05, 4.69) is 0 Å². The zero-order valence-electron chi connectivity index (χ0n) is 13.7. The van der Waals surface area contributed by atoms with Crippen LogP contribution in [0, 0.1) is 16.2 Å². The summed E-state index contributed by atoms with van der Waals surface area (Å²) in [7, 11) is 0. The van der Waals surface area contributed by atoms with Crippen molar-refractivity contribution in [3.63, 3.8) is 0 Å². The number of aliphatic carboxylic acids is 2. The van der Waals surface area contributed by atoms with Crippen LogP contribution >= 0.6 is 0 Å². The molecule has 0 heterocycles. The first-order valence-electron chi connectivity index (χ1n) is 7.43. The van der Waals surface area contributed by atoms with E-state index in [4.69, 9.17) is 0 Å². The van der Waals surface area contributed by atoms with E-state index in [1.807, 2.05) is 34.6 Å². The molecule has 0 bridgehead atoms. The van der Waals surface area contributed by atoms with Gasteiger partial charge in [0.25, 0.3) is 0 Å². The molecule has 2 atom stereocenters. The van der Waals surface area contributed by atoms with Crippen molar-refractivity contribution >= 4 is 11.9 Å². The number of hydrogen-bond acceptors (Lipinski definition) is 2. The van der Waals surface area contributed by atoms with Gasteiger partial charge in [-0.05, 0) is 38.0 Å². The first-order chi connectivity index (χ1) is 8.97. The van der Waals surface area contributed by atoms with Gasteiger partial charge in [0.05, 0.1) is 10.8 Å². The van der Waals surface area contributed by atoms with Gasteiger partial charge in [-0.1, -0.05) is 41.0 Å². The van der Waals surface area contributed by atoms with Crippen LogP contribution in [0.25, 0.3) is 0 Å². The van der Waals surface area contributed by atoms with Gasteiger partial charge in [0.15, 0.2) is 0 Å². The second kappa shape index (κ2) is 6.59. The lowest BCUT2D eigenvalue weighted by molar-refractivity contribution is -0.160. The molecule has 20 heavy (non-hydrogen) atoms. The van der Waals surface area contributed by atoms with E-state index < -0.39 is 28.2 Å². The largest absolute Gasteiger partial charge is 0.481 e. The summed E-state index contributed by atoms with van der Waals surface area (Å²) in [6.07, 6.45) is 2.66. The molecule has 118 valence electrons. The van der Waals surface area contributed by atoms with Crippen LogP contribution in [-0.4, -0.2) is 22.2 Å². The molecule has 0 spiro atoms. The third-order valence-corrected chi connectivity index (χ3v) is 4.87. The average Bonchev–Trinajstić information content (AvgIpc) is 2.28. The molecule has 0 saturated carbocycles. The van der Waals surface area contributed by atoms with E-state index in [1.54, 1.807) is 6.92 Å². The summed E-state index contributed by atoms with van der Waals surface area (Å²) in [5.41, 5.74) is -2.12. The number of rotatable bonds is 8. The Bertz CT molecular complexity index is 356. The minimum absolute atomic E-state index is 0.394. The molecule has 0 aliphatic heterocycles. The Balaban J connectivity index is 5.31. The maximum absolute atomic E-state index is 11.8. The third kappa shape index (κ3) is 3.74. The molecule has 0 aromatic heterocycles. The third-order valence-electron chi connectivity index (χ3n) is 4.87. The predicted molar refractivity (Wildman–Crippen MR) is 79.7 cm³/mol. The summed E-state index contributed by atoms with van der Waals surface area (Å²) in [6.45, 7) is 11.3. The highest BCUT2D eigenvalue weighted by Crippen LogP contribution is 2.48. The minimum Gasteiger partial charge on any atom is -0.481 e. The summed E-state index contributed by atoms with van der Waals surface area (Å²) in [4.78, 5) is 23.3. The van der Waals surface area contributed by atoms with Gasteiger partial charge in [-0.3, -0.25) is 9.59 Å². The molecular formula is C16H30O4. The Labute approximate surface area is 122 Å². The normalized spacial score (nSPS) is 18.1. The Morgan fingerprint density at radius 2 is 1.35 bits per heavy atom. The molecule has 0 amide bonds. The topological polar surface area (TPSA) is 74.6 Å².